The fraction of sp³-hybridized carbons (Fsp3) is 0.500. The number of hydrogen-bond acceptors (Lipinski definition) is 4. The lowest BCUT2D eigenvalue weighted by molar-refractivity contribution is -0.390. The molecule has 1 N–H and O–H groups in total. The zero-order valence-electron chi connectivity index (χ0n) is 8.46. The largest absolute Gasteiger partial charge is 0.480 e. The number of halogens is 1. The first-order valence-corrected chi connectivity index (χ1v) is 5.38. The molecular formula is C8H10BrN3O4. The van der Waals surface area contributed by atoms with Crippen LogP contribution < -0.4 is 0 Å². The summed E-state index contributed by atoms with van der Waals surface area (Å²) in [6, 6.07) is -0.866. The summed E-state index contributed by atoms with van der Waals surface area (Å²) < 4.78 is 1.29. The van der Waals surface area contributed by atoms with E-state index in [0.29, 0.717) is 12.8 Å². The summed E-state index contributed by atoms with van der Waals surface area (Å²) in [4.78, 5) is 20.8. The fourth-order valence-corrected chi connectivity index (χ4v) is 1.72. The summed E-state index contributed by atoms with van der Waals surface area (Å²) in [5.41, 5.74) is 0. The molecule has 1 rings (SSSR count). The van der Waals surface area contributed by atoms with Gasteiger partial charge in [-0.25, -0.2) is 4.79 Å². The van der Waals surface area contributed by atoms with E-state index < -0.39 is 16.9 Å². The molecule has 88 valence electrons. The van der Waals surface area contributed by atoms with E-state index in [-0.39, 0.29) is 10.3 Å². The molecule has 16 heavy (non-hydrogen) atoms. The van der Waals surface area contributed by atoms with Gasteiger partial charge in [0.2, 0.25) is 0 Å². The first kappa shape index (κ1) is 12.6. The Hall–Kier alpha value is -1.44. The van der Waals surface area contributed by atoms with Crippen molar-refractivity contribution in [3.05, 3.63) is 20.8 Å². The topological polar surface area (TPSA) is 98.3 Å². The van der Waals surface area contributed by atoms with Crippen LogP contribution in [0.2, 0.25) is 0 Å². The second-order valence-corrected chi connectivity index (χ2v) is 4.03. The van der Waals surface area contributed by atoms with Crippen LogP contribution in [-0.2, 0) is 4.79 Å². The number of nitro groups is 1. The van der Waals surface area contributed by atoms with Crippen LogP contribution in [0.5, 0.6) is 0 Å². The number of hydrogen-bond donors (Lipinski definition) is 1. The van der Waals surface area contributed by atoms with Gasteiger partial charge in [-0.05, 0) is 27.3 Å². The Balaban J connectivity index is 3.06. The van der Waals surface area contributed by atoms with Crippen molar-refractivity contribution in [1.82, 2.24) is 9.78 Å². The SMILES string of the molecule is CCCC(C(=O)O)n1cc(Br)c([N+](=O)[O-])n1. The van der Waals surface area contributed by atoms with E-state index in [1.54, 1.807) is 0 Å². The second-order valence-electron chi connectivity index (χ2n) is 3.18. The summed E-state index contributed by atoms with van der Waals surface area (Å²) >= 11 is 2.97. The molecule has 1 aromatic rings. The van der Waals surface area contributed by atoms with Crippen LogP contribution in [0.1, 0.15) is 25.8 Å². The van der Waals surface area contributed by atoms with Crippen LogP contribution in [0.15, 0.2) is 10.7 Å². The second kappa shape index (κ2) is 5.06. The van der Waals surface area contributed by atoms with Gasteiger partial charge < -0.3 is 15.2 Å². The van der Waals surface area contributed by atoms with Gasteiger partial charge in [-0.2, -0.15) is 4.68 Å². The standard InChI is InChI=1S/C8H10BrN3O4/c1-2-3-6(8(13)14)11-4-5(9)7(10-11)12(15)16/h4,6H,2-3H2,1H3,(H,13,14). The first-order chi connectivity index (χ1) is 7.47. The Morgan fingerprint density at radius 2 is 2.44 bits per heavy atom. The molecule has 0 radical (unpaired) electrons. The van der Waals surface area contributed by atoms with Crippen molar-refractivity contribution in [1.29, 1.82) is 0 Å². The van der Waals surface area contributed by atoms with Crippen LogP contribution in [-0.4, -0.2) is 25.8 Å². The highest BCUT2D eigenvalue weighted by Gasteiger charge is 2.27. The van der Waals surface area contributed by atoms with E-state index in [0.717, 1.165) is 4.68 Å². The van der Waals surface area contributed by atoms with Crippen LogP contribution >= 0.6 is 15.9 Å². The minimum atomic E-state index is -1.05. The van der Waals surface area contributed by atoms with Gasteiger partial charge in [0.25, 0.3) is 0 Å². The zero-order valence-corrected chi connectivity index (χ0v) is 10.0. The fourth-order valence-electron chi connectivity index (χ4n) is 1.29. The Kier molecular flexibility index (Phi) is 3.99. The minimum absolute atomic E-state index is 0.180. The maximum Gasteiger partial charge on any atom is 0.404 e. The molecule has 1 heterocycles. The number of aliphatic carboxylic acids is 1. The molecule has 1 unspecified atom stereocenters. The molecule has 7 nitrogen and oxygen atoms in total. The molecule has 0 bridgehead atoms. The van der Waals surface area contributed by atoms with E-state index in [1.807, 2.05) is 6.92 Å². The summed E-state index contributed by atoms with van der Waals surface area (Å²) in [5.74, 6) is -1.42. The predicted molar refractivity (Wildman–Crippen MR) is 58.2 cm³/mol. The number of carbonyl (C=O) groups is 1. The smallest absolute Gasteiger partial charge is 0.404 e. The van der Waals surface area contributed by atoms with Gasteiger partial charge in [0.05, 0.1) is 11.3 Å². The van der Waals surface area contributed by atoms with Gasteiger partial charge in [0.15, 0.2) is 6.04 Å². The lowest BCUT2D eigenvalue weighted by Gasteiger charge is -2.06. The van der Waals surface area contributed by atoms with E-state index in [9.17, 15) is 14.9 Å². The molecule has 0 spiro atoms. The number of aromatic nitrogens is 2. The normalized spacial score (nSPS) is 12.4. The average Bonchev–Trinajstić information content (AvgIpc) is 2.56. The maximum absolute atomic E-state index is 10.9. The molecule has 0 aliphatic rings. The van der Waals surface area contributed by atoms with Crippen molar-refractivity contribution >= 4 is 27.7 Å². The molecule has 1 atom stereocenters. The monoisotopic (exact) mass is 291 g/mol. The van der Waals surface area contributed by atoms with Gasteiger partial charge in [0.1, 0.15) is 4.47 Å². The minimum Gasteiger partial charge on any atom is -0.480 e. The van der Waals surface area contributed by atoms with E-state index in [2.05, 4.69) is 21.0 Å². The third-order valence-electron chi connectivity index (χ3n) is 2.01. The van der Waals surface area contributed by atoms with Gasteiger partial charge in [-0.1, -0.05) is 13.3 Å². The van der Waals surface area contributed by atoms with E-state index >= 15 is 0 Å². The molecule has 0 aliphatic heterocycles. The summed E-state index contributed by atoms with van der Waals surface area (Å²) in [7, 11) is 0. The Labute approximate surface area is 99.3 Å². The molecule has 0 aliphatic carbocycles. The highest BCUT2D eigenvalue weighted by molar-refractivity contribution is 9.10. The van der Waals surface area contributed by atoms with Gasteiger partial charge >= 0.3 is 11.8 Å². The first-order valence-electron chi connectivity index (χ1n) is 4.59. The number of carboxylic acid groups (broad SMARTS) is 1. The lowest BCUT2D eigenvalue weighted by Crippen LogP contribution is -2.19. The van der Waals surface area contributed by atoms with Crippen molar-refractivity contribution in [3.8, 4) is 0 Å². The Morgan fingerprint density at radius 1 is 1.81 bits per heavy atom. The van der Waals surface area contributed by atoms with Crippen molar-refractivity contribution in [2.75, 3.05) is 0 Å². The third-order valence-corrected chi connectivity index (χ3v) is 2.57. The average molecular weight is 292 g/mol. The molecule has 0 saturated heterocycles. The van der Waals surface area contributed by atoms with Crippen molar-refractivity contribution in [2.45, 2.75) is 25.8 Å². The van der Waals surface area contributed by atoms with Crippen molar-refractivity contribution in [2.24, 2.45) is 0 Å². The van der Waals surface area contributed by atoms with Gasteiger partial charge in [-0.3, -0.25) is 0 Å². The third kappa shape index (κ3) is 2.57. The van der Waals surface area contributed by atoms with Crippen molar-refractivity contribution < 1.29 is 14.8 Å². The Morgan fingerprint density at radius 3 is 2.81 bits per heavy atom. The van der Waals surface area contributed by atoms with Crippen LogP contribution in [0.25, 0.3) is 0 Å². The summed E-state index contributed by atoms with van der Waals surface area (Å²) in [6.07, 6.45) is 2.34. The van der Waals surface area contributed by atoms with E-state index in [4.69, 9.17) is 5.11 Å². The van der Waals surface area contributed by atoms with Crippen LogP contribution in [0.3, 0.4) is 0 Å². The summed E-state index contributed by atoms with van der Waals surface area (Å²) in [6.45, 7) is 1.84. The number of rotatable bonds is 5. The molecule has 0 aromatic carbocycles. The highest BCUT2D eigenvalue weighted by atomic mass is 79.9. The molecule has 0 amide bonds. The predicted octanol–water partition coefficient (Wildman–Crippen LogP) is 1.98. The Bertz CT molecular complexity index is 417. The zero-order chi connectivity index (χ0) is 12.3. The van der Waals surface area contributed by atoms with E-state index in [1.165, 1.54) is 6.20 Å². The van der Waals surface area contributed by atoms with Crippen LogP contribution in [0, 0.1) is 10.1 Å². The van der Waals surface area contributed by atoms with Gasteiger partial charge in [-0.15, -0.1) is 0 Å². The quantitative estimate of drug-likeness (QED) is 0.661. The maximum atomic E-state index is 10.9. The van der Waals surface area contributed by atoms with Gasteiger partial charge in [0, 0.05) is 0 Å². The van der Waals surface area contributed by atoms with Crippen LogP contribution in [0.4, 0.5) is 5.82 Å². The molecule has 0 fully saturated rings. The molecule has 8 heteroatoms. The lowest BCUT2D eigenvalue weighted by atomic mass is 10.2. The number of carboxylic acids is 1. The molecule has 1 aromatic heterocycles. The van der Waals surface area contributed by atoms with Crippen molar-refractivity contribution in [3.63, 3.8) is 0 Å². The number of nitrogens with zero attached hydrogens (tertiary/aromatic N) is 3. The molecule has 0 saturated carbocycles. The molecular weight excluding hydrogens is 282 g/mol. The highest BCUT2D eigenvalue weighted by Crippen LogP contribution is 2.25. The summed E-state index contributed by atoms with van der Waals surface area (Å²) in [5, 5.41) is 23.1.